The number of carbonyl (C=O) groups is 2. The number of hydrogen-bond donors (Lipinski definition) is 1. The van der Waals surface area contributed by atoms with Gasteiger partial charge in [-0.2, -0.15) is 5.10 Å². The number of pyridine rings is 2. The topological polar surface area (TPSA) is 99.0 Å². The summed E-state index contributed by atoms with van der Waals surface area (Å²) in [6.45, 7) is 1.11. The zero-order valence-corrected chi connectivity index (χ0v) is 16.8. The number of carbonyl (C=O) groups excluding carboxylic acids is 2. The molecule has 1 N–H and O–H groups in total. The lowest BCUT2D eigenvalue weighted by atomic mass is 10.1. The third-order valence-electron chi connectivity index (χ3n) is 4.85. The largest absolute Gasteiger partial charge is 0.381 e. The normalized spacial score (nSPS) is 15.6. The molecule has 3 aromatic rings. The van der Waals surface area contributed by atoms with Gasteiger partial charge in [0.2, 0.25) is 0 Å². The van der Waals surface area contributed by atoms with Crippen LogP contribution in [0, 0.1) is 0 Å². The summed E-state index contributed by atoms with van der Waals surface area (Å²) in [6.07, 6.45) is 5.90. The summed E-state index contributed by atoms with van der Waals surface area (Å²) in [5.74, 6) is -0.519. The number of nitrogens with one attached hydrogen (secondary N) is 1. The van der Waals surface area contributed by atoms with Crippen LogP contribution < -0.4 is 5.32 Å². The SMILES string of the molecule is Cn1cc2c(n1)C(=O)CCCOCCCc1cc(ccn1)-c1cccc(n1)C(=O)N2. The van der Waals surface area contributed by atoms with E-state index in [9.17, 15) is 9.59 Å². The van der Waals surface area contributed by atoms with Crippen LogP contribution in [0.15, 0.2) is 42.7 Å². The average Bonchev–Trinajstić information content (AvgIpc) is 3.12. The number of hydrogen-bond acceptors (Lipinski definition) is 6. The molecule has 30 heavy (non-hydrogen) atoms. The number of nitrogens with zero attached hydrogens (tertiary/aromatic N) is 4. The smallest absolute Gasteiger partial charge is 0.274 e. The molecule has 0 aromatic carbocycles. The summed E-state index contributed by atoms with van der Waals surface area (Å²) >= 11 is 0. The van der Waals surface area contributed by atoms with E-state index in [1.165, 1.54) is 4.68 Å². The number of anilines is 1. The number of rotatable bonds is 0. The van der Waals surface area contributed by atoms with Crippen molar-refractivity contribution in [2.75, 3.05) is 18.5 Å². The summed E-state index contributed by atoms with van der Waals surface area (Å²) in [4.78, 5) is 34.3. The van der Waals surface area contributed by atoms with Gasteiger partial charge in [-0.05, 0) is 43.5 Å². The maximum absolute atomic E-state index is 12.8. The molecular formula is C22H23N5O3. The van der Waals surface area contributed by atoms with E-state index in [2.05, 4.69) is 20.4 Å². The van der Waals surface area contributed by atoms with Gasteiger partial charge in [-0.25, -0.2) is 4.98 Å². The van der Waals surface area contributed by atoms with E-state index < -0.39 is 5.91 Å². The highest BCUT2D eigenvalue weighted by Crippen LogP contribution is 2.20. The van der Waals surface area contributed by atoms with Crippen molar-refractivity contribution < 1.29 is 14.3 Å². The number of fused-ring (bicyclic) bond motifs is 6. The number of ketones is 1. The third kappa shape index (κ3) is 4.60. The molecule has 1 amide bonds. The number of Topliss-reactive ketones (excluding diaryl/α,β-unsaturated/α-hetero) is 1. The zero-order valence-electron chi connectivity index (χ0n) is 16.8. The second kappa shape index (κ2) is 8.96. The van der Waals surface area contributed by atoms with Gasteiger partial charge >= 0.3 is 0 Å². The zero-order chi connectivity index (χ0) is 20.9. The minimum atomic E-state index is -0.391. The first kappa shape index (κ1) is 19.9. The monoisotopic (exact) mass is 405 g/mol. The highest BCUT2D eigenvalue weighted by molar-refractivity contribution is 6.08. The molecule has 3 aromatic heterocycles. The predicted molar refractivity (Wildman–Crippen MR) is 111 cm³/mol. The van der Waals surface area contributed by atoms with Crippen LogP contribution in [0.2, 0.25) is 0 Å². The van der Waals surface area contributed by atoms with Crippen LogP contribution in [0.5, 0.6) is 0 Å². The predicted octanol–water partition coefficient (Wildman–Crippen LogP) is 3.06. The van der Waals surface area contributed by atoms with Crippen LogP contribution >= 0.6 is 0 Å². The van der Waals surface area contributed by atoms with Crippen LogP contribution in [-0.2, 0) is 18.2 Å². The molecule has 0 atom stereocenters. The van der Waals surface area contributed by atoms with Gasteiger partial charge in [-0.15, -0.1) is 0 Å². The Bertz CT molecular complexity index is 1080. The van der Waals surface area contributed by atoms with Crippen molar-refractivity contribution in [1.29, 1.82) is 0 Å². The minimum absolute atomic E-state index is 0.128. The number of aryl methyl sites for hydroxylation is 2. The van der Waals surface area contributed by atoms with E-state index in [4.69, 9.17) is 4.74 Å². The van der Waals surface area contributed by atoms with Gasteiger partial charge in [-0.1, -0.05) is 6.07 Å². The van der Waals surface area contributed by atoms with Crippen molar-refractivity contribution in [3.05, 3.63) is 59.8 Å². The maximum atomic E-state index is 12.8. The van der Waals surface area contributed by atoms with Crippen molar-refractivity contribution in [1.82, 2.24) is 19.7 Å². The molecule has 1 aliphatic rings. The Hall–Kier alpha value is -3.39. The number of aromatic nitrogens is 4. The van der Waals surface area contributed by atoms with Crippen molar-refractivity contribution in [3.8, 4) is 11.3 Å². The molecule has 0 fully saturated rings. The fourth-order valence-electron chi connectivity index (χ4n) is 3.38. The summed E-state index contributed by atoms with van der Waals surface area (Å²) in [5.41, 5.74) is 3.43. The third-order valence-corrected chi connectivity index (χ3v) is 4.85. The Morgan fingerprint density at radius 3 is 2.73 bits per heavy atom. The van der Waals surface area contributed by atoms with E-state index in [0.717, 1.165) is 24.1 Å². The van der Waals surface area contributed by atoms with Crippen LogP contribution in [0.1, 0.15) is 45.9 Å². The fraction of sp³-hybridized carbons (Fsp3) is 0.318. The molecule has 0 spiro atoms. The van der Waals surface area contributed by atoms with E-state index >= 15 is 0 Å². The Labute approximate surface area is 174 Å². The molecule has 4 bridgehead atoms. The van der Waals surface area contributed by atoms with E-state index in [1.54, 1.807) is 31.6 Å². The van der Waals surface area contributed by atoms with Crippen molar-refractivity contribution >= 4 is 17.4 Å². The summed E-state index contributed by atoms with van der Waals surface area (Å²) in [7, 11) is 1.71. The summed E-state index contributed by atoms with van der Waals surface area (Å²) in [5, 5.41) is 7.01. The van der Waals surface area contributed by atoms with Crippen molar-refractivity contribution in [2.24, 2.45) is 7.05 Å². The quantitative estimate of drug-likeness (QED) is 0.617. The first-order chi connectivity index (χ1) is 14.6. The van der Waals surface area contributed by atoms with Gasteiger partial charge in [0.1, 0.15) is 5.69 Å². The molecule has 1 aliphatic heterocycles. The molecule has 8 heteroatoms. The van der Waals surface area contributed by atoms with E-state index in [0.29, 0.717) is 37.4 Å². The van der Waals surface area contributed by atoms with Gasteiger partial charge in [0.05, 0.1) is 11.4 Å². The molecule has 0 unspecified atom stereocenters. The molecule has 0 saturated carbocycles. The molecular weight excluding hydrogens is 382 g/mol. The Morgan fingerprint density at radius 1 is 1.07 bits per heavy atom. The number of amides is 1. The van der Waals surface area contributed by atoms with Crippen molar-refractivity contribution in [3.63, 3.8) is 0 Å². The molecule has 4 heterocycles. The van der Waals surface area contributed by atoms with E-state index in [-0.39, 0.29) is 17.2 Å². The highest BCUT2D eigenvalue weighted by atomic mass is 16.5. The van der Waals surface area contributed by atoms with Crippen LogP contribution in [0.25, 0.3) is 11.3 Å². The van der Waals surface area contributed by atoms with E-state index in [1.807, 2.05) is 18.2 Å². The standard InChI is InChI=1S/C22H23N5O3/c1-27-14-19-21(26-27)20(28)8-4-12-30-11-3-5-16-13-15(9-10-23-16)17-6-2-7-18(24-17)22(29)25-19/h2,6-7,9-10,13-14H,3-5,8,11-12H2,1H3,(H,25,29). The minimum Gasteiger partial charge on any atom is -0.381 e. The Balaban J connectivity index is 1.68. The fourth-order valence-corrected chi connectivity index (χ4v) is 3.38. The molecule has 0 radical (unpaired) electrons. The second-order valence-corrected chi connectivity index (χ2v) is 7.21. The Kier molecular flexibility index (Phi) is 5.94. The number of ether oxygens (including phenoxy) is 1. The van der Waals surface area contributed by atoms with Crippen LogP contribution in [0.3, 0.4) is 0 Å². The lowest BCUT2D eigenvalue weighted by Gasteiger charge is -2.09. The molecule has 154 valence electrons. The van der Waals surface area contributed by atoms with Gasteiger partial charge in [0.15, 0.2) is 11.5 Å². The van der Waals surface area contributed by atoms with Crippen LogP contribution in [0.4, 0.5) is 5.69 Å². The summed E-state index contributed by atoms with van der Waals surface area (Å²) in [6, 6.07) is 9.16. The summed E-state index contributed by atoms with van der Waals surface area (Å²) < 4.78 is 7.18. The average molecular weight is 405 g/mol. The highest BCUT2D eigenvalue weighted by Gasteiger charge is 2.19. The first-order valence-electron chi connectivity index (χ1n) is 9.98. The maximum Gasteiger partial charge on any atom is 0.274 e. The second-order valence-electron chi connectivity index (χ2n) is 7.21. The van der Waals surface area contributed by atoms with Crippen LogP contribution in [-0.4, -0.2) is 44.7 Å². The molecule has 8 nitrogen and oxygen atoms in total. The van der Waals surface area contributed by atoms with Gasteiger partial charge in [0, 0.05) is 50.3 Å². The van der Waals surface area contributed by atoms with Gasteiger partial charge < -0.3 is 10.1 Å². The van der Waals surface area contributed by atoms with Gasteiger partial charge in [0.25, 0.3) is 5.91 Å². The molecule has 0 saturated heterocycles. The first-order valence-corrected chi connectivity index (χ1v) is 9.98. The lowest BCUT2D eigenvalue weighted by Crippen LogP contribution is -2.16. The lowest BCUT2D eigenvalue weighted by molar-refractivity contribution is 0.0931. The molecule has 0 aliphatic carbocycles. The molecule has 4 rings (SSSR count). The van der Waals surface area contributed by atoms with Crippen molar-refractivity contribution in [2.45, 2.75) is 25.7 Å². The van der Waals surface area contributed by atoms with Gasteiger partial charge in [-0.3, -0.25) is 19.3 Å². The Morgan fingerprint density at radius 2 is 1.87 bits per heavy atom.